The lowest BCUT2D eigenvalue weighted by Gasteiger charge is -2.21. The summed E-state index contributed by atoms with van der Waals surface area (Å²) in [6.45, 7) is 2.06. The van der Waals surface area contributed by atoms with E-state index in [4.69, 9.17) is 0 Å². The summed E-state index contributed by atoms with van der Waals surface area (Å²) in [5.74, 6) is 1.38. The molecule has 2 heterocycles. The highest BCUT2D eigenvalue weighted by molar-refractivity contribution is 5.89. The standard InChI is InChI=1S/C11H17N3O/c15-11(14-10-4-2-6-13-10)7-9-3-1-5-12-8-9/h2,4,6,9,12-13H,1,3,5,7-8H2,(H,14,15). The maximum Gasteiger partial charge on any atom is 0.225 e. The monoisotopic (exact) mass is 207 g/mol. The number of carbonyl (C=O) groups is 1. The molecule has 0 aromatic carbocycles. The number of hydrogen-bond acceptors (Lipinski definition) is 2. The maximum atomic E-state index is 11.6. The SMILES string of the molecule is O=C(CC1CCCNC1)Nc1ccc[nH]1. The Morgan fingerprint density at radius 3 is 3.20 bits per heavy atom. The molecule has 82 valence electrons. The Bertz CT molecular complexity index is 302. The first-order valence-electron chi connectivity index (χ1n) is 5.48. The molecule has 1 aliphatic heterocycles. The van der Waals surface area contributed by atoms with Gasteiger partial charge in [-0.3, -0.25) is 4.79 Å². The lowest BCUT2D eigenvalue weighted by Crippen LogP contribution is -2.32. The smallest absolute Gasteiger partial charge is 0.225 e. The van der Waals surface area contributed by atoms with Gasteiger partial charge in [0.2, 0.25) is 5.91 Å². The second kappa shape index (κ2) is 4.98. The van der Waals surface area contributed by atoms with Crippen LogP contribution in [0, 0.1) is 5.92 Å². The van der Waals surface area contributed by atoms with Crippen LogP contribution in [0.25, 0.3) is 0 Å². The number of H-pyrrole nitrogens is 1. The molecule has 4 heteroatoms. The molecule has 1 saturated heterocycles. The Morgan fingerprint density at radius 2 is 2.53 bits per heavy atom. The van der Waals surface area contributed by atoms with Crippen LogP contribution in [0.2, 0.25) is 0 Å². The van der Waals surface area contributed by atoms with Crippen molar-refractivity contribution >= 4 is 11.7 Å². The van der Waals surface area contributed by atoms with Gasteiger partial charge in [-0.1, -0.05) is 0 Å². The van der Waals surface area contributed by atoms with Crippen molar-refractivity contribution in [2.24, 2.45) is 5.92 Å². The van der Waals surface area contributed by atoms with Crippen LogP contribution in [0.5, 0.6) is 0 Å². The number of amides is 1. The number of piperidine rings is 1. The Labute approximate surface area is 89.5 Å². The quantitative estimate of drug-likeness (QED) is 0.700. The van der Waals surface area contributed by atoms with E-state index < -0.39 is 0 Å². The van der Waals surface area contributed by atoms with Crippen LogP contribution in [0.1, 0.15) is 19.3 Å². The van der Waals surface area contributed by atoms with Gasteiger partial charge in [-0.15, -0.1) is 0 Å². The van der Waals surface area contributed by atoms with E-state index in [0.29, 0.717) is 12.3 Å². The molecule has 1 unspecified atom stereocenters. The summed E-state index contributed by atoms with van der Waals surface area (Å²) in [6, 6.07) is 3.73. The first-order chi connectivity index (χ1) is 7.34. The van der Waals surface area contributed by atoms with Gasteiger partial charge in [-0.05, 0) is 44.0 Å². The molecule has 0 saturated carbocycles. The zero-order valence-electron chi connectivity index (χ0n) is 8.75. The van der Waals surface area contributed by atoms with Crippen LogP contribution in [0.15, 0.2) is 18.3 Å². The highest BCUT2D eigenvalue weighted by Crippen LogP contribution is 2.14. The number of nitrogens with one attached hydrogen (secondary N) is 3. The van der Waals surface area contributed by atoms with Gasteiger partial charge in [0.1, 0.15) is 5.82 Å². The van der Waals surface area contributed by atoms with Gasteiger partial charge in [0, 0.05) is 12.6 Å². The largest absolute Gasteiger partial charge is 0.348 e. The molecule has 0 aliphatic carbocycles. The molecule has 1 aromatic heterocycles. The highest BCUT2D eigenvalue weighted by Gasteiger charge is 2.16. The molecule has 4 nitrogen and oxygen atoms in total. The van der Waals surface area contributed by atoms with Crippen LogP contribution >= 0.6 is 0 Å². The highest BCUT2D eigenvalue weighted by atomic mass is 16.1. The summed E-state index contributed by atoms with van der Waals surface area (Å²) >= 11 is 0. The minimum absolute atomic E-state index is 0.103. The van der Waals surface area contributed by atoms with Gasteiger partial charge in [0.15, 0.2) is 0 Å². The first kappa shape index (κ1) is 10.2. The molecular weight excluding hydrogens is 190 g/mol. The number of carbonyl (C=O) groups excluding carboxylic acids is 1. The fraction of sp³-hybridized carbons (Fsp3) is 0.545. The summed E-state index contributed by atoms with van der Waals surface area (Å²) in [5, 5.41) is 6.16. The Hall–Kier alpha value is -1.29. The van der Waals surface area contributed by atoms with Crippen molar-refractivity contribution in [2.75, 3.05) is 18.4 Å². The van der Waals surface area contributed by atoms with E-state index in [1.807, 2.05) is 12.1 Å². The predicted molar refractivity (Wildman–Crippen MR) is 59.6 cm³/mol. The van der Waals surface area contributed by atoms with E-state index in [9.17, 15) is 4.79 Å². The predicted octanol–water partition coefficient (Wildman–Crippen LogP) is 1.34. The second-order valence-corrected chi connectivity index (χ2v) is 4.05. The minimum atomic E-state index is 0.103. The van der Waals surface area contributed by atoms with E-state index in [-0.39, 0.29) is 5.91 Å². The molecule has 0 spiro atoms. The average Bonchev–Trinajstić information content (AvgIpc) is 2.71. The Kier molecular flexibility index (Phi) is 3.40. The van der Waals surface area contributed by atoms with Crippen molar-refractivity contribution in [3.63, 3.8) is 0 Å². The molecule has 1 atom stereocenters. The molecule has 1 fully saturated rings. The number of rotatable bonds is 3. The molecule has 1 aliphatic rings. The number of hydrogen-bond donors (Lipinski definition) is 3. The second-order valence-electron chi connectivity index (χ2n) is 4.05. The number of anilines is 1. The molecule has 0 radical (unpaired) electrons. The van der Waals surface area contributed by atoms with Gasteiger partial charge in [0.05, 0.1) is 0 Å². The average molecular weight is 207 g/mol. The zero-order valence-corrected chi connectivity index (χ0v) is 8.75. The lowest BCUT2D eigenvalue weighted by molar-refractivity contribution is -0.117. The summed E-state index contributed by atoms with van der Waals surface area (Å²) < 4.78 is 0. The summed E-state index contributed by atoms with van der Waals surface area (Å²) in [6.07, 6.45) is 4.76. The fourth-order valence-electron chi connectivity index (χ4n) is 1.97. The van der Waals surface area contributed by atoms with Crippen molar-refractivity contribution in [3.05, 3.63) is 18.3 Å². The molecule has 1 aromatic rings. The van der Waals surface area contributed by atoms with Crippen molar-refractivity contribution in [1.82, 2.24) is 10.3 Å². The number of aromatic nitrogens is 1. The molecule has 2 rings (SSSR count). The lowest BCUT2D eigenvalue weighted by atomic mass is 9.96. The normalized spacial score (nSPS) is 21.2. The fourth-order valence-corrected chi connectivity index (χ4v) is 1.97. The van der Waals surface area contributed by atoms with Crippen LogP contribution in [0.4, 0.5) is 5.82 Å². The van der Waals surface area contributed by atoms with E-state index in [1.54, 1.807) is 6.20 Å². The van der Waals surface area contributed by atoms with E-state index >= 15 is 0 Å². The third kappa shape index (κ3) is 3.09. The van der Waals surface area contributed by atoms with E-state index in [0.717, 1.165) is 25.3 Å². The summed E-state index contributed by atoms with van der Waals surface area (Å²) in [5.41, 5.74) is 0. The van der Waals surface area contributed by atoms with Crippen LogP contribution in [-0.4, -0.2) is 24.0 Å². The zero-order chi connectivity index (χ0) is 10.5. The van der Waals surface area contributed by atoms with Crippen LogP contribution in [0.3, 0.4) is 0 Å². The van der Waals surface area contributed by atoms with Crippen molar-refractivity contribution in [2.45, 2.75) is 19.3 Å². The topological polar surface area (TPSA) is 56.9 Å². The van der Waals surface area contributed by atoms with E-state index in [2.05, 4.69) is 15.6 Å². The summed E-state index contributed by atoms with van der Waals surface area (Å²) in [4.78, 5) is 14.6. The van der Waals surface area contributed by atoms with E-state index in [1.165, 1.54) is 6.42 Å². The molecule has 3 N–H and O–H groups in total. The Balaban J connectivity index is 1.76. The molecular formula is C11H17N3O. The van der Waals surface area contributed by atoms with Crippen molar-refractivity contribution in [3.8, 4) is 0 Å². The molecule has 0 bridgehead atoms. The van der Waals surface area contributed by atoms with Gasteiger partial charge < -0.3 is 15.6 Å². The van der Waals surface area contributed by atoms with Crippen molar-refractivity contribution in [1.29, 1.82) is 0 Å². The maximum absolute atomic E-state index is 11.6. The Morgan fingerprint density at radius 1 is 1.60 bits per heavy atom. The van der Waals surface area contributed by atoms with Gasteiger partial charge in [-0.25, -0.2) is 0 Å². The summed E-state index contributed by atoms with van der Waals surface area (Å²) in [7, 11) is 0. The first-order valence-corrected chi connectivity index (χ1v) is 5.48. The van der Waals surface area contributed by atoms with Crippen LogP contribution in [-0.2, 0) is 4.79 Å². The molecule has 1 amide bonds. The van der Waals surface area contributed by atoms with Gasteiger partial charge >= 0.3 is 0 Å². The number of aromatic amines is 1. The minimum Gasteiger partial charge on any atom is -0.348 e. The van der Waals surface area contributed by atoms with Gasteiger partial charge in [-0.2, -0.15) is 0 Å². The van der Waals surface area contributed by atoms with Gasteiger partial charge in [0.25, 0.3) is 0 Å². The van der Waals surface area contributed by atoms with Crippen molar-refractivity contribution < 1.29 is 4.79 Å². The third-order valence-corrected chi connectivity index (χ3v) is 2.75. The third-order valence-electron chi connectivity index (χ3n) is 2.75. The molecule has 15 heavy (non-hydrogen) atoms. The van der Waals surface area contributed by atoms with Crippen LogP contribution < -0.4 is 10.6 Å².